The molecule has 0 bridgehead atoms. The van der Waals surface area contributed by atoms with Crippen molar-refractivity contribution in [2.24, 2.45) is 0 Å². The number of sulfonamides is 2. The maximum absolute atomic E-state index is 12.8. The van der Waals surface area contributed by atoms with Gasteiger partial charge in [0.2, 0.25) is 15.9 Å². The monoisotopic (exact) mass is 508 g/mol. The summed E-state index contributed by atoms with van der Waals surface area (Å²) < 4.78 is 53.1. The Balaban J connectivity index is 1.76. The second-order valence-corrected chi connectivity index (χ2v) is 11.1. The minimum atomic E-state index is -3.85. The zero-order valence-electron chi connectivity index (χ0n) is 17.6. The molecule has 1 amide bonds. The molecule has 1 heterocycles. The third-order valence-electron chi connectivity index (χ3n) is 4.50. The lowest BCUT2D eigenvalue weighted by atomic mass is 10.2. The van der Waals surface area contributed by atoms with Crippen molar-refractivity contribution in [1.29, 1.82) is 0 Å². The average Bonchev–Trinajstić information content (AvgIpc) is 2.73. The maximum Gasteiger partial charge on any atom is 0.261 e. The molecule has 1 unspecified atom stereocenters. The van der Waals surface area contributed by atoms with Gasteiger partial charge in [-0.25, -0.2) is 16.8 Å². The van der Waals surface area contributed by atoms with Gasteiger partial charge in [-0.05, 0) is 61.5 Å². The number of nitrogens with zero attached hydrogens (tertiary/aromatic N) is 2. The summed E-state index contributed by atoms with van der Waals surface area (Å²) in [5.41, 5.74) is 0.855. The Hall–Kier alpha value is -3.15. The number of amides is 1. The molecule has 174 valence electrons. The summed E-state index contributed by atoms with van der Waals surface area (Å²) in [4.78, 5) is 16.6. The topological polar surface area (TPSA) is 126 Å². The second-order valence-electron chi connectivity index (χ2n) is 7.08. The molecule has 0 fully saturated rings. The van der Waals surface area contributed by atoms with Crippen LogP contribution in [-0.4, -0.2) is 40.0 Å². The minimum Gasteiger partial charge on any atom is -0.324 e. The number of hydrogen-bond donors (Lipinski definition) is 2. The lowest BCUT2D eigenvalue weighted by molar-refractivity contribution is -0.116. The Bertz CT molecular complexity index is 1350. The van der Waals surface area contributed by atoms with Crippen molar-refractivity contribution < 1.29 is 21.6 Å². The maximum atomic E-state index is 12.8. The quantitative estimate of drug-likeness (QED) is 0.480. The van der Waals surface area contributed by atoms with E-state index in [4.69, 9.17) is 11.6 Å². The van der Waals surface area contributed by atoms with Gasteiger partial charge in [0.1, 0.15) is 6.04 Å². The number of carbonyl (C=O) groups excluding carboxylic acids is 1. The Morgan fingerprint density at radius 1 is 1.00 bits per heavy atom. The number of hydrogen-bond acceptors (Lipinski definition) is 6. The lowest BCUT2D eigenvalue weighted by Crippen LogP contribution is -2.45. The van der Waals surface area contributed by atoms with Crippen molar-refractivity contribution in [2.45, 2.75) is 17.9 Å². The van der Waals surface area contributed by atoms with Crippen LogP contribution in [-0.2, 0) is 24.8 Å². The molecule has 33 heavy (non-hydrogen) atoms. The van der Waals surface area contributed by atoms with Crippen molar-refractivity contribution in [1.82, 2.24) is 4.98 Å². The first-order chi connectivity index (χ1) is 15.5. The van der Waals surface area contributed by atoms with Crippen molar-refractivity contribution in [3.05, 3.63) is 78.1 Å². The zero-order chi connectivity index (χ0) is 24.2. The molecule has 0 aliphatic carbocycles. The predicted octanol–water partition coefficient (Wildman–Crippen LogP) is 3.33. The predicted molar refractivity (Wildman–Crippen MR) is 128 cm³/mol. The number of pyridine rings is 1. The molecule has 0 saturated carbocycles. The Morgan fingerprint density at radius 2 is 1.70 bits per heavy atom. The summed E-state index contributed by atoms with van der Waals surface area (Å²) in [5, 5.41) is 2.93. The molecule has 12 heteroatoms. The number of nitrogens with one attached hydrogen (secondary N) is 2. The van der Waals surface area contributed by atoms with Crippen LogP contribution in [0.2, 0.25) is 5.02 Å². The minimum absolute atomic E-state index is 0.0194. The van der Waals surface area contributed by atoms with Crippen LogP contribution in [0.3, 0.4) is 0 Å². The molecular formula is C21H21ClN4O5S2. The highest BCUT2D eigenvalue weighted by Gasteiger charge is 2.29. The van der Waals surface area contributed by atoms with Gasteiger partial charge in [0.25, 0.3) is 10.0 Å². The molecule has 0 aliphatic rings. The Labute approximate surface area is 197 Å². The van der Waals surface area contributed by atoms with Crippen molar-refractivity contribution in [3.8, 4) is 0 Å². The van der Waals surface area contributed by atoms with E-state index in [1.54, 1.807) is 24.3 Å². The van der Waals surface area contributed by atoms with E-state index in [1.807, 2.05) is 0 Å². The number of benzene rings is 2. The number of aromatic nitrogens is 1. The lowest BCUT2D eigenvalue weighted by Gasteiger charge is -2.28. The summed E-state index contributed by atoms with van der Waals surface area (Å²) in [7, 11) is -7.66. The number of halogens is 1. The van der Waals surface area contributed by atoms with Gasteiger partial charge in [-0.1, -0.05) is 17.7 Å². The number of rotatable bonds is 8. The number of carbonyl (C=O) groups is 1. The van der Waals surface area contributed by atoms with Gasteiger partial charge in [0, 0.05) is 16.9 Å². The van der Waals surface area contributed by atoms with E-state index >= 15 is 0 Å². The SMILES string of the molecule is CC(C(=O)Nc1ccc(S(=O)(=O)Nc2cccnc2)cc1)N(c1cccc(Cl)c1)S(C)(=O)=O. The van der Waals surface area contributed by atoms with Crippen molar-refractivity contribution >= 4 is 54.6 Å². The highest BCUT2D eigenvalue weighted by Crippen LogP contribution is 2.25. The van der Waals surface area contributed by atoms with E-state index in [1.165, 1.54) is 55.7 Å². The standard InChI is InChI=1S/C21H21ClN4O5S2/c1-15(26(32(2,28)29)19-7-3-5-16(22)13-19)21(27)24-17-8-10-20(11-9-17)33(30,31)25-18-6-4-12-23-14-18/h3-15,25H,1-2H3,(H,24,27). The molecule has 2 N–H and O–H groups in total. The first-order valence-corrected chi connectivity index (χ1v) is 13.3. The van der Waals surface area contributed by atoms with Gasteiger partial charge in [-0.2, -0.15) is 0 Å². The molecule has 0 spiro atoms. The van der Waals surface area contributed by atoms with E-state index in [2.05, 4.69) is 15.0 Å². The molecule has 0 radical (unpaired) electrons. The van der Waals surface area contributed by atoms with E-state index in [9.17, 15) is 21.6 Å². The van der Waals surface area contributed by atoms with Crippen LogP contribution in [0.25, 0.3) is 0 Å². The second kappa shape index (κ2) is 9.77. The summed E-state index contributed by atoms with van der Waals surface area (Å²) in [5.74, 6) is -0.607. The number of anilines is 3. The molecule has 1 atom stereocenters. The highest BCUT2D eigenvalue weighted by atomic mass is 35.5. The molecule has 1 aromatic heterocycles. The van der Waals surface area contributed by atoms with Crippen LogP contribution in [0.5, 0.6) is 0 Å². The Morgan fingerprint density at radius 3 is 2.27 bits per heavy atom. The van der Waals surface area contributed by atoms with Gasteiger partial charge in [0.15, 0.2) is 0 Å². The van der Waals surface area contributed by atoms with Gasteiger partial charge >= 0.3 is 0 Å². The van der Waals surface area contributed by atoms with Crippen LogP contribution in [0.15, 0.2) is 78.0 Å². The fourth-order valence-corrected chi connectivity index (χ4v) is 5.42. The van der Waals surface area contributed by atoms with Gasteiger partial charge < -0.3 is 5.32 Å². The third-order valence-corrected chi connectivity index (χ3v) is 7.37. The van der Waals surface area contributed by atoms with E-state index in [0.29, 0.717) is 16.4 Å². The summed E-state index contributed by atoms with van der Waals surface area (Å²) >= 11 is 5.98. The van der Waals surface area contributed by atoms with Gasteiger partial charge in [0.05, 0.1) is 28.7 Å². The fourth-order valence-electron chi connectivity index (χ4n) is 3.02. The molecule has 9 nitrogen and oxygen atoms in total. The molecule has 3 aromatic rings. The first-order valence-electron chi connectivity index (χ1n) is 9.56. The zero-order valence-corrected chi connectivity index (χ0v) is 20.0. The van der Waals surface area contributed by atoms with Crippen LogP contribution >= 0.6 is 11.6 Å². The molecule has 0 saturated heterocycles. The average molecular weight is 509 g/mol. The Kier molecular flexibility index (Phi) is 7.25. The van der Waals surface area contributed by atoms with Gasteiger partial charge in [-0.15, -0.1) is 0 Å². The summed E-state index contributed by atoms with van der Waals surface area (Å²) in [6, 6.07) is 13.7. The summed E-state index contributed by atoms with van der Waals surface area (Å²) in [6.07, 6.45) is 3.89. The van der Waals surface area contributed by atoms with Crippen molar-refractivity contribution in [3.63, 3.8) is 0 Å². The normalized spacial score (nSPS) is 12.6. The smallest absolute Gasteiger partial charge is 0.261 e. The largest absolute Gasteiger partial charge is 0.324 e. The third kappa shape index (κ3) is 6.21. The van der Waals surface area contributed by atoms with Crippen LogP contribution in [0.4, 0.5) is 17.1 Å². The molecule has 0 aliphatic heterocycles. The summed E-state index contributed by atoms with van der Waals surface area (Å²) in [6.45, 7) is 1.44. The molecule has 2 aromatic carbocycles. The van der Waals surface area contributed by atoms with E-state index in [-0.39, 0.29) is 10.6 Å². The molecular weight excluding hydrogens is 488 g/mol. The fraction of sp³-hybridized carbons (Fsp3) is 0.143. The van der Waals surface area contributed by atoms with Crippen LogP contribution in [0.1, 0.15) is 6.92 Å². The first kappa shape index (κ1) is 24.5. The van der Waals surface area contributed by atoms with E-state index in [0.717, 1.165) is 10.6 Å². The highest BCUT2D eigenvalue weighted by molar-refractivity contribution is 7.92. The molecule has 3 rings (SSSR count). The van der Waals surface area contributed by atoms with Crippen LogP contribution in [0, 0.1) is 0 Å². The van der Waals surface area contributed by atoms with Crippen molar-refractivity contribution in [2.75, 3.05) is 20.6 Å². The van der Waals surface area contributed by atoms with Gasteiger partial charge in [-0.3, -0.25) is 18.8 Å². The van der Waals surface area contributed by atoms with E-state index < -0.39 is 32.0 Å². The van der Waals surface area contributed by atoms with Crippen LogP contribution < -0.4 is 14.3 Å².